The maximum atomic E-state index is 12.8. The van der Waals surface area contributed by atoms with Crippen molar-refractivity contribution in [2.45, 2.75) is 65.4 Å². The van der Waals surface area contributed by atoms with Crippen molar-refractivity contribution in [3.05, 3.63) is 22.8 Å². The zero-order chi connectivity index (χ0) is 18.4. The summed E-state index contributed by atoms with van der Waals surface area (Å²) >= 11 is 0. The minimum atomic E-state index is -0.504. The van der Waals surface area contributed by atoms with Gasteiger partial charge in [-0.15, -0.1) is 0 Å². The number of allylic oxidation sites excluding steroid dienone is 2. The summed E-state index contributed by atoms with van der Waals surface area (Å²) in [4.78, 5) is 12.8. The van der Waals surface area contributed by atoms with Crippen LogP contribution in [0.5, 0.6) is 0 Å². The predicted molar refractivity (Wildman–Crippen MR) is 96.8 cm³/mol. The lowest BCUT2D eigenvalue weighted by molar-refractivity contribution is -0.154. The molecule has 0 aliphatic heterocycles. The van der Waals surface area contributed by atoms with Crippen LogP contribution in [0.1, 0.15) is 59.3 Å². The van der Waals surface area contributed by atoms with E-state index in [-0.39, 0.29) is 23.9 Å². The van der Waals surface area contributed by atoms with E-state index in [0.717, 1.165) is 37.7 Å². The number of esters is 1. The number of aliphatic hydroxyl groups excluding tert-OH is 2. The van der Waals surface area contributed by atoms with E-state index in [1.54, 1.807) is 0 Å². The molecule has 25 heavy (non-hydrogen) atoms. The number of carbonyl (C=O) groups is 1. The SMILES string of the molecule is COC(=O)[C@]12CCC(C(C)C)=C1[C@H]1CC=C(CO)C[C@@H](O)[C@]1(C)CC2. The van der Waals surface area contributed by atoms with E-state index in [0.29, 0.717) is 12.3 Å². The van der Waals surface area contributed by atoms with E-state index in [1.165, 1.54) is 18.3 Å². The van der Waals surface area contributed by atoms with Gasteiger partial charge in [-0.25, -0.2) is 0 Å². The first-order chi connectivity index (χ1) is 11.8. The van der Waals surface area contributed by atoms with Gasteiger partial charge in [0.1, 0.15) is 0 Å². The van der Waals surface area contributed by atoms with Crippen molar-refractivity contribution in [1.29, 1.82) is 0 Å². The van der Waals surface area contributed by atoms with Crippen LogP contribution in [0.3, 0.4) is 0 Å². The van der Waals surface area contributed by atoms with Crippen LogP contribution in [0.4, 0.5) is 0 Å². The van der Waals surface area contributed by atoms with Crippen LogP contribution < -0.4 is 0 Å². The molecule has 0 amide bonds. The van der Waals surface area contributed by atoms with Crippen molar-refractivity contribution >= 4 is 5.97 Å². The first-order valence-electron chi connectivity index (χ1n) is 9.59. The second kappa shape index (κ2) is 6.55. The molecule has 140 valence electrons. The molecule has 3 aliphatic rings. The van der Waals surface area contributed by atoms with Crippen LogP contribution in [0.15, 0.2) is 22.8 Å². The van der Waals surface area contributed by atoms with Gasteiger partial charge in [0, 0.05) is 5.41 Å². The molecule has 0 bridgehead atoms. The van der Waals surface area contributed by atoms with Crippen LogP contribution >= 0.6 is 0 Å². The van der Waals surface area contributed by atoms with Crippen molar-refractivity contribution in [3.63, 3.8) is 0 Å². The molecule has 2 N–H and O–H groups in total. The van der Waals surface area contributed by atoms with E-state index in [1.807, 2.05) is 0 Å². The zero-order valence-corrected chi connectivity index (χ0v) is 16.0. The Morgan fingerprint density at radius 3 is 2.68 bits per heavy atom. The largest absolute Gasteiger partial charge is 0.468 e. The highest BCUT2D eigenvalue weighted by molar-refractivity contribution is 5.82. The monoisotopic (exact) mass is 348 g/mol. The summed E-state index contributed by atoms with van der Waals surface area (Å²) in [5.41, 5.74) is 2.78. The Hall–Kier alpha value is -1.13. The highest BCUT2D eigenvalue weighted by atomic mass is 16.5. The Labute approximate surface area is 151 Å². The highest BCUT2D eigenvalue weighted by Crippen LogP contribution is 2.63. The quantitative estimate of drug-likeness (QED) is 0.606. The zero-order valence-electron chi connectivity index (χ0n) is 16.0. The van der Waals surface area contributed by atoms with Crippen molar-refractivity contribution in [2.75, 3.05) is 13.7 Å². The second-order valence-electron chi connectivity index (χ2n) is 8.70. The average Bonchev–Trinajstić information content (AvgIpc) is 2.94. The van der Waals surface area contributed by atoms with Crippen LogP contribution in [-0.4, -0.2) is 36.0 Å². The van der Waals surface area contributed by atoms with Crippen molar-refractivity contribution in [3.8, 4) is 0 Å². The first kappa shape index (κ1) is 18.7. The standard InChI is InChI=1S/C21H32O4/c1-13(2)15-7-8-21(19(24)25-4)10-9-20(3)16(18(15)21)6-5-14(12-22)11-17(20)23/h5,13,16-17,22-23H,6-12H2,1-4H3/t16-,17-,20-,21+/m1/s1. The van der Waals surface area contributed by atoms with E-state index in [2.05, 4.69) is 26.8 Å². The average molecular weight is 348 g/mol. The Kier molecular flexibility index (Phi) is 4.89. The summed E-state index contributed by atoms with van der Waals surface area (Å²) in [5.74, 6) is 0.426. The molecule has 4 atom stereocenters. The molecule has 4 heteroatoms. The summed E-state index contributed by atoms with van der Waals surface area (Å²) in [5, 5.41) is 20.6. The number of fused-ring (bicyclic) bond motifs is 3. The molecule has 1 fully saturated rings. The fraction of sp³-hybridized carbons (Fsp3) is 0.762. The molecule has 0 saturated heterocycles. The molecule has 0 aromatic rings. The van der Waals surface area contributed by atoms with Gasteiger partial charge in [0.15, 0.2) is 0 Å². The van der Waals surface area contributed by atoms with Crippen LogP contribution in [0.25, 0.3) is 0 Å². The van der Waals surface area contributed by atoms with Gasteiger partial charge in [-0.2, -0.15) is 0 Å². The second-order valence-corrected chi connectivity index (χ2v) is 8.70. The van der Waals surface area contributed by atoms with Gasteiger partial charge >= 0.3 is 5.97 Å². The van der Waals surface area contributed by atoms with Crippen LogP contribution in [0, 0.1) is 22.7 Å². The summed E-state index contributed by atoms with van der Waals surface area (Å²) in [6.45, 7) is 6.56. The lowest BCUT2D eigenvalue weighted by Crippen LogP contribution is -2.50. The Bertz CT molecular complexity index is 617. The van der Waals surface area contributed by atoms with Gasteiger partial charge in [-0.05, 0) is 61.5 Å². The van der Waals surface area contributed by atoms with Gasteiger partial charge in [0.25, 0.3) is 0 Å². The summed E-state index contributed by atoms with van der Waals surface area (Å²) in [6, 6.07) is 0. The smallest absolute Gasteiger partial charge is 0.315 e. The van der Waals surface area contributed by atoms with Crippen LogP contribution in [-0.2, 0) is 9.53 Å². The van der Waals surface area contributed by atoms with E-state index < -0.39 is 11.5 Å². The van der Waals surface area contributed by atoms with E-state index in [4.69, 9.17) is 4.74 Å². The number of ether oxygens (including phenoxy) is 1. The Morgan fingerprint density at radius 1 is 1.36 bits per heavy atom. The lowest BCUT2D eigenvalue weighted by Gasteiger charge is -2.51. The predicted octanol–water partition coefficient (Wildman–Crippen LogP) is 3.38. The number of hydrogen-bond donors (Lipinski definition) is 2. The van der Waals surface area contributed by atoms with Gasteiger partial charge in [-0.3, -0.25) is 4.79 Å². The van der Waals surface area contributed by atoms with E-state index >= 15 is 0 Å². The molecular formula is C21H32O4. The summed E-state index contributed by atoms with van der Waals surface area (Å²) in [7, 11) is 1.49. The third kappa shape index (κ3) is 2.69. The summed E-state index contributed by atoms with van der Waals surface area (Å²) < 4.78 is 5.24. The van der Waals surface area contributed by atoms with Crippen molar-refractivity contribution in [2.24, 2.45) is 22.7 Å². The Balaban J connectivity index is 2.15. The molecule has 0 unspecified atom stereocenters. The highest BCUT2D eigenvalue weighted by Gasteiger charge is 2.59. The topological polar surface area (TPSA) is 66.8 Å². The minimum absolute atomic E-state index is 0.00189. The fourth-order valence-corrected chi connectivity index (χ4v) is 5.60. The number of hydrogen-bond acceptors (Lipinski definition) is 4. The number of carbonyl (C=O) groups excluding carboxylic acids is 1. The van der Waals surface area contributed by atoms with Gasteiger partial charge in [-0.1, -0.05) is 32.4 Å². The first-order valence-corrected chi connectivity index (χ1v) is 9.59. The fourth-order valence-electron chi connectivity index (χ4n) is 5.60. The third-order valence-electron chi connectivity index (χ3n) is 7.25. The minimum Gasteiger partial charge on any atom is -0.468 e. The maximum absolute atomic E-state index is 12.8. The van der Waals surface area contributed by atoms with Gasteiger partial charge < -0.3 is 14.9 Å². The maximum Gasteiger partial charge on any atom is 0.315 e. The van der Waals surface area contributed by atoms with Gasteiger partial charge in [0.2, 0.25) is 0 Å². The molecule has 3 aliphatic carbocycles. The third-order valence-corrected chi connectivity index (χ3v) is 7.25. The molecule has 1 saturated carbocycles. The van der Waals surface area contributed by atoms with Crippen molar-refractivity contribution in [1.82, 2.24) is 0 Å². The van der Waals surface area contributed by atoms with E-state index in [9.17, 15) is 15.0 Å². The number of aliphatic hydroxyl groups is 2. The molecule has 0 radical (unpaired) electrons. The number of methoxy groups -OCH3 is 1. The van der Waals surface area contributed by atoms with Crippen LogP contribution in [0.2, 0.25) is 0 Å². The van der Waals surface area contributed by atoms with Gasteiger partial charge in [0.05, 0.1) is 25.2 Å². The molecule has 3 rings (SSSR count). The molecule has 0 spiro atoms. The molecule has 0 aromatic heterocycles. The molecule has 0 aromatic carbocycles. The lowest BCUT2D eigenvalue weighted by atomic mass is 9.53. The molecule has 4 nitrogen and oxygen atoms in total. The molecule has 0 heterocycles. The summed E-state index contributed by atoms with van der Waals surface area (Å²) in [6.07, 6.45) is 6.26. The number of rotatable bonds is 3. The Morgan fingerprint density at radius 2 is 2.08 bits per heavy atom. The van der Waals surface area contributed by atoms with Crippen molar-refractivity contribution < 1.29 is 19.7 Å². The molecular weight excluding hydrogens is 316 g/mol. The normalized spacial score (nSPS) is 38.1.